The molecule has 1 aromatic carbocycles. The van der Waals surface area contributed by atoms with Crippen molar-refractivity contribution in [3.8, 4) is 0 Å². The number of urea groups is 1. The molecule has 2 rings (SSSR count). The van der Waals surface area contributed by atoms with Gasteiger partial charge in [0.15, 0.2) is 0 Å². The zero-order valence-corrected chi connectivity index (χ0v) is 14.5. The number of carbonyl (C=O) groups is 1. The normalized spacial score (nSPS) is 12.7. The molecule has 0 saturated heterocycles. The standard InChI is InChI=1S/C16H21N3O3S/c1-16(2,3)13-9-17-14(22-13)10-18-15(20)19-11-6-5-7-12(8-11)23(4)21/h5-9H,10H2,1-4H3,(H2,18,19,20)/t23-/m0/s1. The van der Waals surface area contributed by atoms with Gasteiger partial charge < -0.3 is 15.1 Å². The van der Waals surface area contributed by atoms with Gasteiger partial charge in [0.1, 0.15) is 5.76 Å². The monoisotopic (exact) mass is 335 g/mol. The molecular formula is C16H21N3O3S. The van der Waals surface area contributed by atoms with Gasteiger partial charge in [-0.05, 0) is 18.2 Å². The van der Waals surface area contributed by atoms with Crippen LogP contribution < -0.4 is 10.6 Å². The molecule has 2 N–H and O–H groups in total. The number of anilines is 1. The summed E-state index contributed by atoms with van der Waals surface area (Å²) in [5, 5.41) is 5.37. The van der Waals surface area contributed by atoms with E-state index in [0.29, 0.717) is 16.5 Å². The van der Waals surface area contributed by atoms with Crippen LogP contribution in [0.3, 0.4) is 0 Å². The second-order valence-electron chi connectivity index (χ2n) is 6.16. The lowest BCUT2D eigenvalue weighted by Crippen LogP contribution is -2.28. The van der Waals surface area contributed by atoms with Gasteiger partial charge >= 0.3 is 6.03 Å². The Bertz CT molecular complexity index is 719. The Kier molecular flexibility index (Phi) is 5.20. The fraction of sp³-hybridized carbons (Fsp3) is 0.375. The average molecular weight is 335 g/mol. The highest BCUT2D eigenvalue weighted by Gasteiger charge is 2.19. The Labute approximate surface area is 138 Å². The summed E-state index contributed by atoms with van der Waals surface area (Å²) in [5.74, 6) is 1.22. The molecule has 0 unspecified atom stereocenters. The molecular weight excluding hydrogens is 314 g/mol. The SMILES string of the molecule is C[S@](=O)c1cccc(NC(=O)NCc2ncc(C(C)(C)C)o2)c1. The Morgan fingerprint density at radius 3 is 2.70 bits per heavy atom. The van der Waals surface area contributed by atoms with E-state index in [1.54, 1.807) is 36.7 Å². The summed E-state index contributed by atoms with van der Waals surface area (Å²) in [7, 11) is -1.09. The minimum atomic E-state index is -1.09. The van der Waals surface area contributed by atoms with Gasteiger partial charge in [0.25, 0.3) is 0 Å². The molecule has 1 atom stereocenters. The maximum atomic E-state index is 11.9. The predicted octanol–water partition coefficient (Wildman–Crippen LogP) is 3.03. The number of hydrogen-bond acceptors (Lipinski definition) is 4. The topological polar surface area (TPSA) is 84.2 Å². The first-order valence-electron chi connectivity index (χ1n) is 7.19. The number of hydrogen-bond donors (Lipinski definition) is 2. The van der Waals surface area contributed by atoms with Crippen molar-refractivity contribution in [3.63, 3.8) is 0 Å². The molecule has 0 fully saturated rings. The van der Waals surface area contributed by atoms with E-state index in [1.165, 1.54) is 0 Å². The number of oxazole rings is 1. The summed E-state index contributed by atoms with van der Waals surface area (Å²) in [5.41, 5.74) is 0.460. The summed E-state index contributed by atoms with van der Waals surface area (Å²) in [6.45, 7) is 6.29. The lowest BCUT2D eigenvalue weighted by atomic mass is 9.94. The zero-order valence-electron chi connectivity index (χ0n) is 13.7. The number of benzene rings is 1. The average Bonchev–Trinajstić information content (AvgIpc) is 2.94. The van der Waals surface area contributed by atoms with Gasteiger partial charge in [0.05, 0.1) is 12.7 Å². The van der Waals surface area contributed by atoms with Crippen molar-refractivity contribution >= 4 is 22.5 Å². The zero-order chi connectivity index (χ0) is 17.0. The molecule has 2 amide bonds. The van der Waals surface area contributed by atoms with Crippen LogP contribution in [0.15, 0.2) is 39.8 Å². The summed E-state index contributed by atoms with van der Waals surface area (Å²) in [4.78, 5) is 16.7. The van der Waals surface area contributed by atoms with Crippen LogP contribution in [0.25, 0.3) is 0 Å². The minimum Gasteiger partial charge on any atom is -0.443 e. The molecule has 0 radical (unpaired) electrons. The van der Waals surface area contributed by atoms with Gasteiger partial charge in [-0.3, -0.25) is 4.21 Å². The van der Waals surface area contributed by atoms with Crippen molar-refractivity contribution in [2.75, 3.05) is 11.6 Å². The van der Waals surface area contributed by atoms with E-state index >= 15 is 0 Å². The van der Waals surface area contributed by atoms with Crippen LogP contribution in [0.4, 0.5) is 10.5 Å². The number of nitrogens with zero attached hydrogens (tertiary/aromatic N) is 1. The van der Waals surface area contributed by atoms with Crippen LogP contribution in [0, 0.1) is 0 Å². The second-order valence-corrected chi connectivity index (χ2v) is 7.54. The van der Waals surface area contributed by atoms with Crippen molar-refractivity contribution in [1.82, 2.24) is 10.3 Å². The van der Waals surface area contributed by atoms with E-state index in [4.69, 9.17) is 4.42 Å². The van der Waals surface area contributed by atoms with Crippen LogP contribution in [0.1, 0.15) is 32.4 Å². The number of amides is 2. The Hall–Kier alpha value is -2.15. The molecule has 0 aliphatic heterocycles. The summed E-state index contributed by atoms with van der Waals surface area (Å²) < 4.78 is 17.0. The maximum Gasteiger partial charge on any atom is 0.319 e. The molecule has 0 bridgehead atoms. The van der Waals surface area contributed by atoms with Crippen LogP contribution in [0.2, 0.25) is 0 Å². The molecule has 0 aliphatic carbocycles. The largest absolute Gasteiger partial charge is 0.443 e. The first-order chi connectivity index (χ1) is 10.8. The highest BCUT2D eigenvalue weighted by molar-refractivity contribution is 7.84. The summed E-state index contributed by atoms with van der Waals surface area (Å²) >= 11 is 0. The molecule has 6 nitrogen and oxygen atoms in total. The van der Waals surface area contributed by atoms with Crippen LogP contribution in [-0.4, -0.2) is 21.5 Å². The van der Waals surface area contributed by atoms with Gasteiger partial charge in [-0.15, -0.1) is 0 Å². The van der Waals surface area contributed by atoms with Crippen molar-refractivity contribution in [2.45, 2.75) is 37.6 Å². The number of aromatic nitrogens is 1. The van der Waals surface area contributed by atoms with Crippen molar-refractivity contribution < 1.29 is 13.4 Å². The van der Waals surface area contributed by atoms with Gasteiger partial charge in [0, 0.05) is 33.1 Å². The highest BCUT2D eigenvalue weighted by atomic mass is 32.2. The predicted molar refractivity (Wildman–Crippen MR) is 89.8 cm³/mol. The first kappa shape index (κ1) is 17.2. The fourth-order valence-corrected chi connectivity index (χ4v) is 2.39. The second kappa shape index (κ2) is 6.95. The molecule has 1 heterocycles. The van der Waals surface area contributed by atoms with E-state index in [9.17, 15) is 9.00 Å². The van der Waals surface area contributed by atoms with Gasteiger partial charge in [-0.2, -0.15) is 0 Å². The number of carbonyl (C=O) groups excluding carboxylic acids is 1. The molecule has 0 spiro atoms. The molecule has 2 aromatic rings. The quantitative estimate of drug-likeness (QED) is 0.899. The third-order valence-corrected chi connectivity index (χ3v) is 4.03. The summed E-state index contributed by atoms with van der Waals surface area (Å²) in [6.07, 6.45) is 3.27. The van der Waals surface area contributed by atoms with Crippen LogP contribution >= 0.6 is 0 Å². The molecule has 1 aromatic heterocycles. The lowest BCUT2D eigenvalue weighted by Gasteiger charge is -2.13. The van der Waals surface area contributed by atoms with E-state index in [1.807, 2.05) is 20.8 Å². The maximum absolute atomic E-state index is 11.9. The van der Waals surface area contributed by atoms with E-state index in [2.05, 4.69) is 15.6 Å². The lowest BCUT2D eigenvalue weighted by molar-refractivity contribution is 0.250. The first-order valence-corrected chi connectivity index (χ1v) is 8.75. The Balaban J connectivity index is 1.91. The number of nitrogens with one attached hydrogen (secondary N) is 2. The molecule has 0 aliphatic rings. The van der Waals surface area contributed by atoms with Crippen LogP contribution in [0.5, 0.6) is 0 Å². The van der Waals surface area contributed by atoms with Crippen molar-refractivity contribution in [1.29, 1.82) is 0 Å². The molecule has 124 valence electrons. The van der Waals surface area contributed by atoms with E-state index in [-0.39, 0.29) is 18.0 Å². The van der Waals surface area contributed by atoms with Gasteiger partial charge in [-0.1, -0.05) is 26.8 Å². The van der Waals surface area contributed by atoms with E-state index in [0.717, 1.165) is 5.76 Å². The van der Waals surface area contributed by atoms with Crippen LogP contribution in [-0.2, 0) is 22.8 Å². The van der Waals surface area contributed by atoms with Crippen molar-refractivity contribution in [2.24, 2.45) is 0 Å². The smallest absolute Gasteiger partial charge is 0.319 e. The van der Waals surface area contributed by atoms with Gasteiger partial charge in [-0.25, -0.2) is 9.78 Å². The molecule has 7 heteroatoms. The fourth-order valence-electron chi connectivity index (χ4n) is 1.82. The number of rotatable bonds is 4. The highest BCUT2D eigenvalue weighted by Crippen LogP contribution is 2.22. The minimum absolute atomic E-state index is 0.121. The van der Waals surface area contributed by atoms with Gasteiger partial charge in [0.2, 0.25) is 5.89 Å². The van der Waals surface area contributed by atoms with Crippen molar-refractivity contribution in [3.05, 3.63) is 42.1 Å². The Morgan fingerprint density at radius 2 is 2.09 bits per heavy atom. The van der Waals surface area contributed by atoms with E-state index < -0.39 is 10.8 Å². The molecule has 0 saturated carbocycles. The Morgan fingerprint density at radius 1 is 1.35 bits per heavy atom. The third kappa shape index (κ3) is 4.92. The third-order valence-electron chi connectivity index (χ3n) is 3.12. The summed E-state index contributed by atoms with van der Waals surface area (Å²) in [6, 6.07) is 6.53. The molecule has 23 heavy (non-hydrogen) atoms.